The number of rotatable bonds is 7. The summed E-state index contributed by atoms with van der Waals surface area (Å²) >= 11 is 0. The maximum atomic E-state index is 12.8. The number of carbonyl (C=O) groups excluding carboxylic acids is 1. The van der Waals surface area contributed by atoms with E-state index in [1.807, 2.05) is 24.3 Å². The predicted molar refractivity (Wildman–Crippen MR) is 114 cm³/mol. The first-order valence-electron chi connectivity index (χ1n) is 10.0. The lowest BCUT2D eigenvalue weighted by molar-refractivity contribution is 0.0698. The van der Waals surface area contributed by atoms with Crippen LogP contribution in [0.4, 0.5) is 5.69 Å². The number of pyridine rings is 1. The highest BCUT2D eigenvalue weighted by molar-refractivity contribution is 7.89. The lowest BCUT2D eigenvalue weighted by Gasteiger charge is -2.34. The highest BCUT2D eigenvalue weighted by Crippen LogP contribution is 2.19. The third kappa shape index (κ3) is 4.76. The molecule has 1 saturated heterocycles. The Labute approximate surface area is 173 Å². The molecule has 29 heavy (non-hydrogen) atoms. The molecule has 1 aromatic heterocycles. The highest BCUT2D eigenvalue weighted by Gasteiger charge is 2.30. The Balaban J connectivity index is 1.63. The van der Waals surface area contributed by atoms with Gasteiger partial charge < -0.3 is 9.80 Å². The molecule has 0 N–H and O–H groups in total. The molecule has 7 nitrogen and oxygen atoms in total. The average molecular weight is 417 g/mol. The normalized spacial score (nSPS) is 15.3. The predicted octanol–water partition coefficient (Wildman–Crippen LogP) is 2.46. The van der Waals surface area contributed by atoms with E-state index < -0.39 is 10.0 Å². The van der Waals surface area contributed by atoms with Gasteiger partial charge in [0.1, 0.15) is 4.90 Å². The van der Waals surface area contributed by atoms with Crippen molar-refractivity contribution in [2.75, 3.05) is 44.2 Å². The average Bonchev–Trinajstić information content (AvgIpc) is 2.78. The van der Waals surface area contributed by atoms with Gasteiger partial charge in [-0.3, -0.25) is 9.78 Å². The molecule has 0 radical (unpaired) electrons. The topological polar surface area (TPSA) is 73.8 Å². The van der Waals surface area contributed by atoms with Crippen LogP contribution in [0.5, 0.6) is 0 Å². The number of carbonyl (C=O) groups is 1. The van der Waals surface area contributed by atoms with Gasteiger partial charge in [0.05, 0.1) is 0 Å². The molecule has 3 rings (SSSR count). The van der Waals surface area contributed by atoms with Gasteiger partial charge >= 0.3 is 0 Å². The molecule has 8 heteroatoms. The Morgan fingerprint density at radius 1 is 1.07 bits per heavy atom. The summed E-state index contributed by atoms with van der Waals surface area (Å²) in [7, 11) is -3.57. The van der Waals surface area contributed by atoms with Crippen LogP contribution in [0.2, 0.25) is 0 Å². The summed E-state index contributed by atoms with van der Waals surface area (Å²) in [5, 5.41) is 0. The van der Waals surface area contributed by atoms with Crippen molar-refractivity contribution in [1.29, 1.82) is 0 Å². The molecule has 1 amide bonds. The fourth-order valence-electron chi connectivity index (χ4n) is 3.52. The second-order valence-corrected chi connectivity index (χ2v) is 8.95. The summed E-state index contributed by atoms with van der Waals surface area (Å²) in [6, 6.07) is 10.8. The van der Waals surface area contributed by atoms with Gasteiger partial charge in [0.15, 0.2) is 0 Å². The van der Waals surface area contributed by atoms with E-state index in [9.17, 15) is 13.2 Å². The van der Waals surface area contributed by atoms with Gasteiger partial charge in [0, 0.05) is 62.9 Å². The summed E-state index contributed by atoms with van der Waals surface area (Å²) in [6.45, 7) is 7.48. The van der Waals surface area contributed by atoms with Crippen LogP contribution in [0, 0.1) is 0 Å². The van der Waals surface area contributed by atoms with E-state index in [4.69, 9.17) is 0 Å². The van der Waals surface area contributed by atoms with Crippen molar-refractivity contribution in [3.63, 3.8) is 0 Å². The minimum Gasteiger partial charge on any atom is -0.372 e. The number of hydrogen-bond acceptors (Lipinski definition) is 5. The van der Waals surface area contributed by atoms with Crippen LogP contribution >= 0.6 is 0 Å². The summed E-state index contributed by atoms with van der Waals surface area (Å²) < 4.78 is 26.8. The molecule has 1 fully saturated rings. The smallest absolute Gasteiger partial charge is 0.253 e. The van der Waals surface area contributed by atoms with Crippen LogP contribution in [0.1, 0.15) is 30.6 Å². The molecule has 0 unspecified atom stereocenters. The van der Waals surface area contributed by atoms with Crippen LogP contribution in [0.15, 0.2) is 53.7 Å². The zero-order chi connectivity index (χ0) is 20.9. The molecule has 1 aliphatic heterocycles. The van der Waals surface area contributed by atoms with E-state index in [1.165, 1.54) is 10.5 Å². The third-order valence-electron chi connectivity index (χ3n) is 5.15. The number of hydrogen-bond donors (Lipinski definition) is 0. The van der Waals surface area contributed by atoms with Crippen LogP contribution in [0.25, 0.3) is 0 Å². The third-order valence-corrected chi connectivity index (χ3v) is 7.03. The van der Waals surface area contributed by atoms with Crippen LogP contribution in [-0.2, 0) is 10.0 Å². The number of benzene rings is 1. The number of aromatic nitrogens is 1. The number of nitrogens with zero attached hydrogens (tertiary/aromatic N) is 4. The van der Waals surface area contributed by atoms with Gasteiger partial charge in [-0.1, -0.05) is 6.92 Å². The molecule has 156 valence electrons. The van der Waals surface area contributed by atoms with Crippen LogP contribution in [0.3, 0.4) is 0 Å². The quantitative estimate of drug-likeness (QED) is 0.693. The van der Waals surface area contributed by atoms with Gasteiger partial charge in [0.25, 0.3) is 5.91 Å². The molecule has 0 atom stereocenters. The van der Waals surface area contributed by atoms with E-state index >= 15 is 0 Å². The minimum absolute atomic E-state index is 0.0616. The van der Waals surface area contributed by atoms with E-state index in [1.54, 1.807) is 23.2 Å². The van der Waals surface area contributed by atoms with Crippen molar-refractivity contribution < 1.29 is 13.2 Å². The maximum absolute atomic E-state index is 12.8. The zero-order valence-corrected chi connectivity index (χ0v) is 17.8. The fourth-order valence-corrected chi connectivity index (χ4v) is 4.90. The SMILES string of the molecule is CCCN(CC)c1ccc(C(=O)N2CCN(S(=O)(=O)c3cccnc3)CC2)cc1. The first-order chi connectivity index (χ1) is 14.0. The lowest BCUT2D eigenvalue weighted by atomic mass is 10.1. The maximum Gasteiger partial charge on any atom is 0.253 e. The van der Waals surface area contributed by atoms with Crippen LogP contribution < -0.4 is 4.90 Å². The Hall–Kier alpha value is -2.45. The van der Waals surface area contributed by atoms with E-state index in [-0.39, 0.29) is 23.9 Å². The van der Waals surface area contributed by atoms with E-state index in [0.29, 0.717) is 18.7 Å². The molecule has 0 aliphatic carbocycles. The molecule has 0 saturated carbocycles. The first kappa shape index (κ1) is 21.3. The Morgan fingerprint density at radius 2 is 1.76 bits per heavy atom. The summed E-state index contributed by atoms with van der Waals surface area (Å²) in [4.78, 5) is 20.9. The van der Waals surface area contributed by atoms with E-state index in [2.05, 4.69) is 23.7 Å². The fraction of sp³-hybridized carbons (Fsp3) is 0.429. The van der Waals surface area contributed by atoms with Gasteiger partial charge in [-0.25, -0.2) is 8.42 Å². The lowest BCUT2D eigenvalue weighted by Crippen LogP contribution is -2.50. The number of anilines is 1. The molecule has 1 aliphatic rings. The van der Waals surface area contributed by atoms with Crippen molar-refractivity contribution in [2.45, 2.75) is 25.2 Å². The largest absolute Gasteiger partial charge is 0.372 e. The van der Waals surface area contributed by atoms with E-state index in [0.717, 1.165) is 25.2 Å². The van der Waals surface area contributed by atoms with Gasteiger partial charge in [0.2, 0.25) is 10.0 Å². The second-order valence-electron chi connectivity index (χ2n) is 7.01. The number of amides is 1. The Kier molecular flexibility index (Phi) is 6.87. The van der Waals surface area contributed by atoms with Gasteiger partial charge in [-0.05, 0) is 49.7 Å². The van der Waals surface area contributed by atoms with Crippen molar-refractivity contribution in [1.82, 2.24) is 14.2 Å². The molecule has 1 aromatic carbocycles. The van der Waals surface area contributed by atoms with Crippen molar-refractivity contribution in [3.8, 4) is 0 Å². The summed E-state index contributed by atoms with van der Waals surface area (Å²) in [5.74, 6) is -0.0616. The van der Waals surface area contributed by atoms with Crippen molar-refractivity contribution in [2.24, 2.45) is 0 Å². The van der Waals surface area contributed by atoms with Crippen molar-refractivity contribution in [3.05, 3.63) is 54.4 Å². The van der Waals surface area contributed by atoms with Gasteiger partial charge in [-0.15, -0.1) is 0 Å². The zero-order valence-electron chi connectivity index (χ0n) is 17.0. The van der Waals surface area contributed by atoms with Crippen LogP contribution in [-0.4, -0.2) is 67.8 Å². The Morgan fingerprint density at radius 3 is 2.31 bits per heavy atom. The first-order valence-corrected chi connectivity index (χ1v) is 11.5. The highest BCUT2D eigenvalue weighted by atomic mass is 32.2. The monoisotopic (exact) mass is 416 g/mol. The molecule has 0 bridgehead atoms. The Bertz CT molecular complexity index is 909. The standard InChI is InChI=1S/C21H28N4O3S/c1-3-12-23(4-2)19-9-7-18(8-10-19)21(26)24-13-15-25(16-14-24)29(27,28)20-6-5-11-22-17-20/h5-11,17H,3-4,12-16H2,1-2H3. The molecular weight excluding hydrogens is 388 g/mol. The number of sulfonamides is 1. The minimum atomic E-state index is -3.57. The summed E-state index contributed by atoms with van der Waals surface area (Å²) in [5.41, 5.74) is 1.74. The van der Waals surface area contributed by atoms with Crippen molar-refractivity contribution >= 4 is 21.6 Å². The molecular formula is C21H28N4O3S. The second kappa shape index (κ2) is 9.37. The summed E-state index contributed by atoms with van der Waals surface area (Å²) in [6.07, 6.45) is 3.97. The van der Waals surface area contributed by atoms with Gasteiger partial charge in [-0.2, -0.15) is 4.31 Å². The molecule has 2 aromatic rings. The number of piperazine rings is 1. The molecule has 0 spiro atoms. The molecule has 2 heterocycles.